The van der Waals surface area contributed by atoms with Crippen molar-refractivity contribution in [2.24, 2.45) is 0 Å². The monoisotopic (exact) mass is 329 g/mol. The summed E-state index contributed by atoms with van der Waals surface area (Å²) in [7, 11) is 3.14. The number of hydrogen-bond acceptors (Lipinski definition) is 5. The number of carbonyl (C=O) groups excluding carboxylic acids is 1. The molecular formula is C18H19NO5. The lowest BCUT2D eigenvalue weighted by Gasteiger charge is -2.10. The van der Waals surface area contributed by atoms with Gasteiger partial charge >= 0.3 is 0 Å². The zero-order valence-electron chi connectivity index (χ0n) is 13.6. The molecule has 1 N–H and O–H groups in total. The van der Waals surface area contributed by atoms with E-state index in [0.29, 0.717) is 30.2 Å². The Labute approximate surface area is 139 Å². The fourth-order valence-corrected chi connectivity index (χ4v) is 2.51. The maximum absolute atomic E-state index is 12.0. The lowest BCUT2D eigenvalue weighted by molar-refractivity contribution is -0.121. The van der Waals surface area contributed by atoms with Crippen LogP contribution in [0.15, 0.2) is 40.8 Å². The summed E-state index contributed by atoms with van der Waals surface area (Å²) in [5, 5.41) is 4.73. The quantitative estimate of drug-likeness (QED) is 0.674. The highest BCUT2D eigenvalue weighted by Crippen LogP contribution is 2.36. The molecule has 6 nitrogen and oxygen atoms in total. The molecule has 0 atom stereocenters. The summed E-state index contributed by atoms with van der Waals surface area (Å²) >= 11 is 0. The molecule has 0 saturated carbocycles. The number of amides is 1. The highest BCUT2D eigenvalue weighted by atomic mass is 16.5. The zero-order valence-corrected chi connectivity index (χ0v) is 13.6. The topological polar surface area (TPSA) is 69.9 Å². The predicted octanol–water partition coefficient (Wildman–Crippen LogP) is 3.20. The number of furan rings is 1. The Morgan fingerprint density at radius 2 is 1.92 bits per heavy atom. The van der Waals surface area contributed by atoms with Gasteiger partial charge in [0.15, 0.2) is 0 Å². The highest BCUT2D eigenvalue weighted by molar-refractivity contribution is 6.07. The van der Waals surface area contributed by atoms with Crippen LogP contribution in [-0.4, -0.2) is 39.9 Å². The molecule has 0 fully saturated rings. The molecular weight excluding hydrogens is 310 g/mol. The maximum atomic E-state index is 12.0. The number of hydrogen-bond donors (Lipinski definition) is 1. The fraction of sp³-hybridized carbons (Fsp3) is 0.278. The van der Waals surface area contributed by atoms with Crippen LogP contribution >= 0.6 is 0 Å². The number of para-hydroxylation sites is 1. The molecule has 0 radical (unpaired) electrons. The van der Waals surface area contributed by atoms with Crippen molar-refractivity contribution in [1.82, 2.24) is 0 Å². The summed E-state index contributed by atoms with van der Waals surface area (Å²) in [5.41, 5.74) is 2.03. The Balaban J connectivity index is 1.84. The third-order valence-electron chi connectivity index (χ3n) is 3.64. The number of carbonyl (C=O) groups is 1. The van der Waals surface area contributed by atoms with Gasteiger partial charge in [0.05, 0.1) is 26.0 Å². The first-order valence-electron chi connectivity index (χ1n) is 7.58. The minimum Gasteiger partial charge on any atom is -0.495 e. The van der Waals surface area contributed by atoms with E-state index in [1.165, 1.54) is 0 Å². The molecule has 0 spiro atoms. The van der Waals surface area contributed by atoms with Gasteiger partial charge in [-0.1, -0.05) is 18.2 Å². The molecule has 1 heterocycles. The van der Waals surface area contributed by atoms with Gasteiger partial charge in [-0.2, -0.15) is 0 Å². The van der Waals surface area contributed by atoms with Crippen molar-refractivity contribution in [2.75, 3.05) is 39.4 Å². The van der Waals surface area contributed by atoms with Crippen LogP contribution in [0.25, 0.3) is 21.9 Å². The van der Waals surface area contributed by atoms with Gasteiger partial charge in [0.2, 0.25) is 5.91 Å². The van der Waals surface area contributed by atoms with E-state index in [1.807, 2.05) is 30.3 Å². The second kappa shape index (κ2) is 7.33. The highest BCUT2D eigenvalue weighted by Gasteiger charge is 2.14. The third-order valence-corrected chi connectivity index (χ3v) is 3.64. The van der Waals surface area contributed by atoms with E-state index in [-0.39, 0.29) is 12.5 Å². The van der Waals surface area contributed by atoms with Gasteiger partial charge in [0.1, 0.15) is 23.5 Å². The first-order chi connectivity index (χ1) is 11.7. The smallest absolute Gasteiger partial charge is 0.250 e. The van der Waals surface area contributed by atoms with Crippen LogP contribution < -0.4 is 10.1 Å². The van der Waals surface area contributed by atoms with E-state index in [4.69, 9.17) is 18.6 Å². The van der Waals surface area contributed by atoms with Crippen LogP contribution in [0.3, 0.4) is 0 Å². The predicted molar refractivity (Wildman–Crippen MR) is 91.6 cm³/mol. The van der Waals surface area contributed by atoms with Crippen molar-refractivity contribution < 1.29 is 23.4 Å². The minimum absolute atomic E-state index is 0.0509. The van der Waals surface area contributed by atoms with Crippen molar-refractivity contribution in [2.45, 2.75) is 0 Å². The normalized spacial score (nSPS) is 11.1. The van der Waals surface area contributed by atoms with Crippen LogP contribution in [0.1, 0.15) is 0 Å². The Bertz CT molecular complexity index is 855. The number of anilines is 1. The molecule has 1 aromatic heterocycles. The Kier molecular flexibility index (Phi) is 4.98. The number of rotatable bonds is 7. The van der Waals surface area contributed by atoms with Crippen LogP contribution in [0.2, 0.25) is 0 Å². The van der Waals surface area contributed by atoms with E-state index in [2.05, 4.69) is 5.32 Å². The van der Waals surface area contributed by atoms with Crippen molar-refractivity contribution in [3.8, 4) is 5.75 Å². The second-order valence-electron chi connectivity index (χ2n) is 5.24. The molecule has 0 unspecified atom stereocenters. The van der Waals surface area contributed by atoms with Gasteiger partial charge in [0.25, 0.3) is 0 Å². The van der Waals surface area contributed by atoms with Crippen LogP contribution in [0, 0.1) is 0 Å². The average Bonchev–Trinajstić information content (AvgIpc) is 2.95. The molecule has 126 valence electrons. The SMILES string of the molecule is COCCOCC(=O)Nc1cc2oc3ccccc3c2cc1OC. The Hall–Kier alpha value is -2.57. The van der Waals surface area contributed by atoms with Crippen molar-refractivity contribution in [3.63, 3.8) is 0 Å². The molecule has 0 aliphatic rings. The van der Waals surface area contributed by atoms with Gasteiger partial charge in [-0.15, -0.1) is 0 Å². The van der Waals surface area contributed by atoms with Gasteiger partial charge in [-0.05, 0) is 12.1 Å². The van der Waals surface area contributed by atoms with Crippen LogP contribution in [0.5, 0.6) is 5.75 Å². The fourth-order valence-electron chi connectivity index (χ4n) is 2.51. The lowest BCUT2D eigenvalue weighted by Crippen LogP contribution is -2.20. The third kappa shape index (κ3) is 3.34. The summed E-state index contributed by atoms with van der Waals surface area (Å²) in [6, 6.07) is 11.4. The zero-order chi connectivity index (χ0) is 16.9. The van der Waals surface area contributed by atoms with E-state index in [0.717, 1.165) is 16.4 Å². The molecule has 0 bridgehead atoms. The van der Waals surface area contributed by atoms with Gasteiger partial charge in [0, 0.05) is 23.9 Å². The number of nitrogens with one attached hydrogen (secondary N) is 1. The molecule has 0 saturated heterocycles. The summed E-state index contributed by atoms with van der Waals surface area (Å²) in [4.78, 5) is 12.0. The van der Waals surface area contributed by atoms with Crippen LogP contribution in [-0.2, 0) is 14.3 Å². The number of fused-ring (bicyclic) bond motifs is 3. The number of methoxy groups -OCH3 is 2. The average molecular weight is 329 g/mol. The first-order valence-corrected chi connectivity index (χ1v) is 7.58. The van der Waals surface area contributed by atoms with Gasteiger partial charge in [-0.25, -0.2) is 0 Å². The van der Waals surface area contributed by atoms with Gasteiger partial charge < -0.3 is 23.9 Å². The molecule has 3 rings (SSSR count). The van der Waals surface area contributed by atoms with E-state index in [1.54, 1.807) is 20.3 Å². The van der Waals surface area contributed by atoms with Crippen molar-refractivity contribution in [1.29, 1.82) is 0 Å². The molecule has 24 heavy (non-hydrogen) atoms. The largest absolute Gasteiger partial charge is 0.495 e. The molecule has 0 aliphatic heterocycles. The molecule has 1 amide bonds. The standard InChI is InChI=1S/C18H19NO5/c1-21-7-8-23-11-18(20)19-14-10-16-13(9-17(14)22-2)12-5-3-4-6-15(12)24-16/h3-6,9-10H,7-8,11H2,1-2H3,(H,19,20). The number of benzene rings is 2. The van der Waals surface area contributed by atoms with Gasteiger partial charge in [-0.3, -0.25) is 4.79 Å². The molecule has 3 aromatic rings. The lowest BCUT2D eigenvalue weighted by atomic mass is 10.1. The number of ether oxygens (including phenoxy) is 3. The summed E-state index contributed by atoms with van der Waals surface area (Å²) in [6.45, 7) is 0.760. The summed E-state index contributed by atoms with van der Waals surface area (Å²) in [6.07, 6.45) is 0. The molecule has 2 aromatic carbocycles. The Morgan fingerprint density at radius 3 is 2.71 bits per heavy atom. The summed E-state index contributed by atoms with van der Waals surface area (Å²) < 4.78 is 21.3. The molecule has 6 heteroatoms. The first kappa shape index (κ1) is 16.3. The van der Waals surface area contributed by atoms with Crippen molar-refractivity contribution >= 4 is 33.5 Å². The van der Waals surface area contributed by atoms with Crippen molar-refractivity contribution in [3.05, 3.63) is 36.4 Å². The van der Waals surface area contributed by atoms with E-state index >= 15 is 0 Å². The van der Waals surface area contributed by atoms with E-state index < -0.39 is 0 Å². The Morgan fingerprint density at radius 1 is 1.08 bits per heavy atom. The van der Waals surface area contributed by atoms with Crippen LogP contribution in [0.4, 0.5) is 5.69 Å². The van der Waals surface area contributed by atoms with E-state index in [9.17, 15) is 4.79 Å². The summed E-state index contributed by atoms with van der Waals surface area (Å²) in [5.74, 6) is 0.305. The minimum atomic E-state index is -0.264. The molecule has 0 aliphatic carbocycles. The maximum Gasteiger partial charge on any atom is 0.250 e. The second-order valence-corrected chi connectivity index (χ2v) is 5.24.